The van der Waals surface area contributed by atoms with Crippen LogP contribution < -0.4 is 9.73 Å². The number of amides is 1. The molecule has 0 aromatic heterocycles. The molecule has 0 bridgehead atoms. The Bertz CT molecular complexity index is 1370. The number of nitrogens with zero attached hydrogens (tertiary/aromatic N) is 3. The summed E-state index contributed by atoms with van der Waals surface area (Å²) in [5, 5.41) is 4.17. The molecule has 4 rings (SSSR count). The molecule has 3 aromatic carbocycles. The molecule has 0 aliphatic carbocycles. The fraction of sp³-hybridized carbons (Fsp3) is 0.259. The number of hydrogen-bond donors (Lipinski definition) is 1. The number of hydrazone groups is 1. The third-order valence-corrected chi connectivity index (χ3v) is 7.89. The van der Waals surface area contributed by atoms with Gasteiger partial charge in [-0.15, -0.1) is 0 Å². The van der Waals surface area contributed by atoms with Gasteiger partial charge in [0.15, 0.2) is 0 Å². The summed E-state index contributed by atoms with van der Waals surface area (Å²) in [6, 6.07) is 21.2. The lowest BCUT2D eigenvalue weighted by Crippen LogP contribution is -2.40. The Morgan fingerprint density at radius 2 is 1.55 bits per heavy atom. The number of alkyl halides is 3. The average Bonchev–Trinajstić information content (AvgIpc) is 2.92. The third-order valence-electron chi connectivity index (χ3n) is 6.10. The van der Waals surface area contributed by atoms with Crippen LogP contribution in [-0.4, -0.2) is 44.6 Å². The van der Waals surface area contributed by atoms with Crippen molar-refractivity contribution in [2.24, 2.45) is 5.10 Å². The molecule has 0 radical (unpaired) electrons. The molecule has 200 valence electrons. The van der Waals surface area contributed by atoms with Crippen LogP contribution in [-0.2, 0) is 27.5 Å². The maximum atomic E-state index is 13.3. The summed E-state index contributed by atoms with van der Waals surface area (Å²) in [5.74, 6) is -0.763. The van der Waals surface area contributed by atoms with Gasteiger partial charge in [-0.1, -0.05) is 54.6 Å². The first-order valence-corrected chi connectivity index (χ1v) is 13.4. The standard InChI is InChI=1S/C27H27F3N4O3S/c28-27(29,30)22-10-7-11-24(18-22)34(38(36,37)25-12-5-2-6-13-25)20-26(35)32-31-23-14-16-33(17-15-23)19-21-8-3-1-4-9-21/h1-13,18H,14-17,19-20H2,(H,32,35). The van der Waals surface area contributed by atoms with Crippen LogP contribution in [0.5, 0.6) is 0 Å². The van der Waals surface area contributed by atoms with Gasteiger partial charge in [-0.25, -0.2) is 13.8 Å². The van der Waals surface area contributed by atoms with E-state index in [1.165, 1.54) is 35.9 Å². The number of piperidine rings is 1. The number of hydrogen-bond acceptors (Lipinski definition) is 5. The summed E-state index contributed by atoms with van der Waals surface area (Å²) in [6.07, 6.45) is -3.42. The van der Waals surface area contributed by atoms with E-state index in [2.05, 4.69) is 27.6 Å². The Morgan fingerprint density at radius 3 is 2.18 bits per heavy atom. The molecule has 1 N–H and O–H groups in total. The van der Waals surface area contributed by atoms with Crippen molar-refractivity contribution in [1.82, 2.24) is 10.3 Å². The summed E-state index contributed by atoms with van der Waals surface area (Å²) in [7, 11) is -4.34. The number of benzene rings is 3. The average molecular weight is 545 g/mol. The minimum atomic E-state index is -4.68. The van der Waals surface area contributed by atoms with E-state index < -0.39 is 34.2 Å². The van der Waals surface area contributed by atoms with Crippen molar-refractivity contribution in [3.8, 4) is 0 Å². The number of anilines is 1. The Kier molecular flexibility index (Phi) is 8.48. The van der Waals surface area contributed by atoms with E-state index in [4.69, 9.17) is 0 Å². The van der Waals surface area contributed by atoms with Gasteiger partial charge < -0.3 is 0 Å². The van der Waals surface area contributed by atoms with Gasteiger partial charge in [-0.05, 0) is 35.9 Å². The highest BCUT2D eigenvalue weighted by Crippen LogP contribution is 2.33. The molecule has 1 heterocycles. The molecule has 1 saturated heterocycles. The topological polar surface area (TPSA) is 82.1 Å². The van der Waals surface area contributed by atoms with Gasteiger partial charge in [0, 0.05) is 38.2 Å². The van der Waals surface area contributed by atoms with Crippen LogP contribution in [0, 0.1) is 0 Å². The van der Waals surface area contributed by atoms with E-state index in [0.29, 0.717) is 23.2 Å². The Morgan fingerprint density at radius 1 is 0.921 bits per heavy atom. The predicted molar refractivity (Wildman–Crippen MR) is 139 cm³/mol. The van der Waals surface area contributed by atoms with E-state index in [0.717, 1.165) is 37.5 Å². The minimum Gasteiger partial charge on any atom is -0.298 e. The lowest BCUT2D eigenvalue weighted by molar-refractivity contribution is -0.137. The Hall–Kier alpha value is -3.70. The summed E-state index contributed by atoms with van der Waals surface area (Å²) in [6.45, 7) is 1.57. The van der Waals surface area contributed by atoms with Crippen LogP contribution in [0.3, 0.4) is 0 Å². The van der Waals surface area contributed by atoms with Crippen LogP contribution in [0.1, 0.15) is 24.0 Å². The fourth-order valence-electron chi connectivity index (χ4n) is 4.10. The molecule has 0 spiro atoms. The van der Waals surface area contributed by atoms with Crippen molar-refractivity contribution in [2.75, 3.05) is 23.9 Å². The molecular formula is C27H27F3N4O3S. The molecule has 1 aliphatic heterocycles. The monoisotopic (exact) mass is 544 g/mol. The van der Waals surface area contributed by atoms with Gasteiger partial charge in [0.25, 0.3) is 15.9 Å². The second kappa shape index (κ2) is 11.8. The van der Waals surface area contributed by atoms with Gasteiger partial charge in [-0.3, -0.25) is 14.0 Å². The van der Waals surface area contributed by atoms with Crippen LogP contribution in [0.2, 0.25) is 0 Å². The SMILES string of the molecule is O=C(CN(c1cccc(C(F)(F)F)c1)S(=O)(=O)c1ccccc1)NN=C1CCN(Cc2ccccc2)CC1. The van der Waals surface area contributed by atoms with E-state index in [1.807, 2.05) is 18.2 Å². The zero-order valence-corrected chi connectivity index (χ0v) is 21.3. The van der Waals surface area contributed by atoms with Gasteiger partial charge >= 0.3 is 6.18 Å². The number of sulfonamides is 1. The van der Waals surface area contributed by atoms with Crippen LogP contribution in [0.15, 0.2) is 94.9 Å². The first-order chi connectivity index (χ1) is 18.1. The van der Waals surface area contributed by atoms with E-state index >= 15 is 0 Å². The molecule has 7 nitrogen and oxygen atoms in total. The van der Waals surface area contributed by atoms with E-state index in [9.17, 15) is 26.4 Å². The molecule has 3 aromatic rings. The second-order valence-electron chi connectivity index (χ2n) is 8.85. The van der Waals surface area contributed by atoms with Gasteiger partial charge in [-0.2, -0.15) is 18.3 Å². The summed E-state index contributed by atoms with van der Waals surface area (Å²) < 4.78 is 67.3. The highest BCUT2D eigenvalue weighted by atomic mass is 32.2. The van der Waals surface area contributed by atoms with Crippen molar-refractivity contribution in [3.63, 3.8) is 0 Å². The quantitative estimate of drug-likeness (QED) is 0.418. The van der Waals surface area contributed by atoms with Crippen LogP contribution in [0.25, 0.3) is 0 Å². The van der Waals surface area contributed by atoms with Crippen molar-refractivity contribution < 1.29 is 26.4 Å². The summed E-state index contributed by atoms with van der Waals surface area (Å²) in [4.78, 5) is 14.9. The Labute approximate surface area is 219 Å². The van der Waals surface area contributed by atoms with Crippen LogP contribution in [0.4, 0.5) is 18.9 Å². The second-order valence-corrected chi connectivity index (χ2v) is 10.7. The molecule has 1 fully saturated rings. The third kappa shape index (κ3) is 6.99. The molecule has 0 saturated carbocycles. The molecule has 0 unspecified atom stereocenters. The molecule has 11 heteroatoms. The van der Waals surface area contributed by atoms with Gasteiger partial charge in [0.2, 0.25) is 0 Å². The number of nitrogens with one attached hydrogen (secondary N) is 1. The highest BCUT2D eigenvalue weighted by Gasteiger charge is 2.33. The van der Waals surface area contributed by atoms with Crippen molar-refractivity contribution in [2.45, 2.75) is 30.5 Å². The smallest absolute Gasteiger partial charge is 0.298 e. The minimum absolute atomic E-state index is 0.151. The summed E-state index contributed by atoms with van der Waals surface area (Å²) >= 11 is 0. The first kappa shape index (κ1) is 27.3. The van der Waals surface area contributed by atoms with E-state index in [1.54, 1.807) is 6.07 Å². The fourth-order valence-corrected chi connectivity index (χ4v) is 5.54. The molecule has 1 aliphatic rings. The first-order valence-electron chi connectivity index (χ1n) is 12.0. The maximum absolute atomic E-state index is 13.3. The molecule has 38 heavy (non-hydrogen) atoms. The molecular weight excluding hydrogens is 517 g/mol. The zero-order valence-electron chi connectivity index (χ0n) is 20.4. The molecule has 1 amide bonds. The lowest BCUT2D eigenvalue weighted by atomic mass is 10.1. The Balaban J connectivity index is 1.46. The number of carbonyl (C=O) groups is 1. The van der Waals surface area contributed by atoms with E-state index in [-0.39, 0.29) is 10.6 Å². The lowest BCUT2D eigenvalue weighted by Gasteiger charge is -2.27. The van der Waals surface area contributed by atoms with Crippen molar-refractivity contribution in [1.29, 1.82) is 0 Å². The highest BCUT2D eigenvalue weighted by molar-refractivity contribution is 7.92. The largest absolute Gasteiger partial charge is 0.416 e. The number of likely N-dealkylation sites (tertiary alicyclic amines) is 1. The predicted octanol–water partition coefficient (Wildman–Crippen LogP) is 4.67. The number of rotatable bonds is 8. The molecule has 0 atom stereocenters. The van der Waals surface area contributed by atoms with Crippen molar-refractivity contribution >= 4 is 27.3 Å². The zero-order chi connectivity index (χ0) is 27.2. The maximum Gasteiger partial charge on any atom is 0.416 e. The van der Waals surface area contributed by atoms with Crippen molar-refractivity contribution in [3.05, 3.63) is 96.1 Å². The van der Waals surface area contributed by atoms with Gasteiger partial charge in [0.05, 0.1) is 16.1 Å². The number of halogens is 3. The van der Waals surface area contributed by atoms with Gasteiger partial charge in [0.1, 0.15) is 6.54 Å². The number of carbonyl (C=O) groups excluding carboxylic acids is 1. The normalized spacial score (nSPS) is 14.7. The summed E-state index contributed by atoms with van der Waals surface area (Å²) in [5.41, 5.74) is 3.06. The van der Waals surface area contributed by atoms with Crippen LogP contribution >= 0.6 is 0 Å².